The van der Waals surface area contributed by atoms with E-state index < -0.39 is 5.97 Å². The summed E-state index contributed by atoms with van der Waals surface area (Å²) in [6.07, 6.45) is 0. The highest BCUT2D eigenvalue weighted by atomic mass is 32.1. The van der Waals surface area contributed by atoms with Gasteiger partial charge in [0.25, 0.3) is 0 Å². The van der Waals surface area contributed by atoms with Crippen molar-refractivity contribution in [3.05, 3.63) is 29.1 Å². The van der Waals surface area contributed by atoms with E-state index in [0.29, 0.717) is 12.4 Å². The van der Waals surface area contributed by atoms with Crippen LogP contribution < -0.4 is 4.74 Å². The number of nitrogens with zero attached hydrogens (tertiary/aromatic N) is 1. The Morgan fingerprint density at radius 1 is 1.33 bits per heavy atom. The van der Waals surface area contributed by atoms with Crippen LogP contribution in [0.25, 0.3) is 10.1 Å². The molecule has 1 saturated heterocycles. The molecule has 2 heterocycles. The molecule has 1 aliphatic heterocycles. The molecule has 0 spiro atoms. The number of thiophene rings is 1. The fraction of sp³-hybridized carbons (Fsp3) is 0.400. The van der Waals surface area contributed by atoms with E-state index in [9.17, 15) is 9.90 Å². The average molecular weight is 307 g/mol. The number of hydrogen-bond donors (Lipinski definition) is 1. The third kappa shape index (κ3) is 3.18. The van der Waals surface area contributed by atoms with Gasteiger partial charge in [0.15, 0.2) is 10.6 Å². The van der Waals surface area contributed by atoms with E-state index in [-0.39, 0.29) is 4.88 Å². The van der Waals surface area contributed by atoms with Crippen LogP contribution >= 0.6 is 11.3 Å². The maximum atomic E-state index is 11.4. The molecule has 1 fully saturated rings. The molecule has 0 radical (unpaired) electrons. The number of morpholine rings is 1. The maximum Gasteiger partial charge on any atom is 0.349 e. The molecule has 0 aliphatic carbocycles. The van der Waals surface area contributed by atoms with Gasteiger partial charge in [-0.1, -0.05) is 12.1 Å². The second-order valence-corrected chi connectivity index (χ2v) is 5.92. The highest BCUT2D eigenvalue weighted by Crippen LogP contribution is 2.37. The van der Waals surface area contributed by atoms with Crippen LogP contribution in [-0.2, 0) is 4.74 Å². The molecule has 0 bridgehead atoms. The van der Waals surface area contributed by atoms with Crippen LogP contribution in [0.1, 0.15) is 9.67 Å². The van der Waals surface area contributed by atoms with Crippen molar-refractivity contribution in [2.45, 2.75) is 0 Å². The lowest BCUT2D eigenvalue weighted by atomic mass is 10.2. The number of ether oxygens (including phenoxy) is 2. The zero-order valence-corrected chi connectivity index (χ0v) is 12.4. The summed E-state index contributed by atoms with van der Waals surface area (Å²) < 4.78 is 12.0. The Morgan fingerprint density at radius 3 is 2.86 bits per heavy atom. The van der Waals surface area contributed by atoms with Crippen molar-refractivity contribution in [1.82, 2.24) is 4.90 Å². The van der Waals surface area contributed by atoms with Gasteiger partial charge in [0.1, 0.15) is 6.61 Å². The number of carboxylic acid groups (broad SMARTS) is 1. The lowest BCUT2D eigenvalue weighted by molar-refractivity contribution is 0.0322. The van der Waals surface area contributed by atoms with E-state index >= 15 is 0 Å². The molecule has 1 aromatic heterocycles. The lowest BCUT2D eigenvalue weighted by Gasteiger charge is -2.26. The Bertz CT molecular complexity index is 634. The first-order chi connectivity index (χ1) is 10.3. The summed E-state index contributed by atoms with van der Waals surface area (Å²) in [5, 5.41) is 10.2. The fourth-order valence-electron chi connectivity index (χ4n) is 2.41. The van der Waals surface area contributed by atoms with Gasteiger partial charge in [0.2, 0.25) is 0 Å². The number of carboxylic acids is 1. The molecule has 0 atom stereocenters. The van der Waals surface area contributed by atoms with Gasteiger partial charge in [0.05, 0.1) is 13.2 Å². The van der Waals surface area contributed by atoms with Gasteiger partial charge in [-0.3, -0.25) is 4.90 Å². The molecule has 0 amide bonds. The smallest absolute Gasteiger partial charge is 0.349 e. The maximum absolute atomic E-state index is 11.4. The minimum absolute atomic E-state index is 0.276. The third-order valence-corrected chi connectivity index (χ3v) is 4.64. The van der Waals surface area contributed by atoms with Gasteiger partial charge in [-0.25, -0.2) is 4.79 Å². The first-order valence-electron chi connectivity index (χ1n) is 6.93. The van der Waals surface area contributed by atoms with Crippen molar-refractivity contribution in [3.63, 3.8) is 0 Å². The van der Waals surface area contributed by atoms with Gasteiger partial charge in [-0.15, -0.1) is 11.3 Å². The van der Waals surface area contributed by atoms with Crippen LogP contribution in [0.3, 0.4) is 0 Å². The van der Waals surface area contributed by atoms with Crippen molar-refractivity contribution < 1.29 is 19.4 Å². The number of carbonyl (C=O) groups is 1. The number of aromatic carboxylic acids is 1. The molecule has 1 N–H and O–H groups in total. The minimum Gasteiger partial charge on any atom is -0.490 e. The number of fused-ring (bicyclic) bond motifs is 1. The number of hydrogen-bond acceptors (Lipinski definition) is 5. The summed E-state index contributed by atoms with van der Waals surface area (Å²) >= 11 is 1.26. The monoisotopic (exact) mass is 307 g/mol. The zero-order valence-electron chi connectivity index (χ0n) is 11.6. The van der Waals surface area contributed by atoms with Crippen LogP contribution in [-0.4, -0.2) is 55.4 Å². The molecule has 0 unspecified atom stereocenters. The van der Waals surface area contributed by atoms with Gasteiger partial charge < -0.3 is 14.6 Å². The summed E-state index contributed by atoms with van der Waals surface area (Å²) in [7, 11) is 0. The second kappa shape index (κ2) is 6.43. The minimum atomic E-state index is -0.933. The van der Waals surface area contributed by atoms with Crippen molar-refractivity contribution in [3.8, 4) is 5.75 Å². The largest absolute Gasteiger partial charge is 0.490 e. The number of benzene rings is 1. The van der Waals surface area contributed by atoms with Gasteiger partial charge in [-0.05, 0) is 12.1 Å². The zero-order chi connectivity index (χ0) is 14.7. The van der Waals surface area contributed by atoms with E-state index in [0.717, 1.165) is 42.9 Å². The molecule has 112 valence electrons. The van der Waals surface area contributed by atoms with E-state index in [4.69, 9.17) is 9.47 Å². The van der Waals surface area contributed by atoms with Gasteiger partial charge in [-0.2, -0.15) is 0 Å². The van der Waals surface area contributed by atoms with Crippen molar-refractivity contribution in [2.24, 2.45) is 0 Å². The average Bonchev–Trinajstić information content (AvgIpc) is 2.88. The Labute approximate surface area is 126 Å². The summed E-state index contributed by atoms with van der Waals surface area (Å²) in [5.74, 6) is -0.436. The molecule has 21 heavy (non-hydrogen) atoms. The predicted molar refractivity (Wildman–Crippen MR) is 81.5 cm³/mol. The molecule has 5 nitrogen and oxygen atoms in total. The van der Waals surface area contributed by atoms with Gasteiger partial charge in [0, 0.05) is 29.7 Å². The summed E-state index contributed by atoms with van der Waals surface area (Å²) in [6, 6.07) is 7.63. The first-order valence-corrected chi connectivity index (χ1v) is 7.75. The molecule has 0 saturated carbocycles. The molecule has 6 heteroatoms. The van der Waals surface area contributed by atoms with E-state index in [1.807, 2.05) is 24.3 Å². The fourth-order valence-corrected chi connectivity index (χ4v) is 3.39. The molecular weight excluding hydrogens is 290 g/mol. The van der Waals surface area contributed by atoms with Crippen LogP contribution in [0.2, 0.25) is 0 Å². The SMILES string of the molecule is O=C(O)c1sc2ccccc2c1OCCN1CCOCC1. The summed E-state index contributed by atoms with van der Waals surface area (Å²) in [6.45, 7) is 4.58. The van der Waals surface area contributed by atoms with Crippen molar-refractivity contribution >= 4 is 27.4 Å². The lowest BCUT2D eigenvalue weighted by Crippen LogP contribution is -2.38. The van der Waals surface area contributed by atoms with E-state index in [1.165, 1.54) is 11.3 Å². The van der Waals surface area contributed by atoms with E-state index in [2.05, 4.69) is 4.90 Å². The topological polar surface area (TPSA) is 59.0 Å². The molecular formula is C15H17NO4S. The quantitative estimate of drug-likeness (QED) is 0.918. The van der Waals surface area contributed by atoms with Gasteiger partial charge >= 0.3 is 5.97 Å². The predicted octanol–water partition coefficient (Wildman–Crippen LogP) is 2.31. The highest BCUT2D eigenvalue weighted by molar-refractivity contribution is 7.21. The van der Waals surface area contributed by atoms with Crippen LogP contribution in [0.15, 0.2) is 24.3 Å². The van der Waals surface area contributed by atoms with E-state index in [1.54, 1.807) is 0 Å². The van der Waals surface area contributed by atoms with Crippen LogP contribution in [0, 0.1) is 0 Å². The van der Waals surface area contributed by atoms with Crippen LogP contribution in [0.4, 0.5) is 0 Å². The Hall–Kier alpha value is -1.63. The summed E-state index contributed by atoms with van der Waals surface area (Å²) in [4.78, 5) is 13.9. The molecule has 2 aromatic rings. The standard InChI is InChI=1S/C15H17NO4S/c17-15(18)14-13(11-3-1-2-4-12(11)21-14)20-10-7-16-5-8-19-9-6-16/h1-4H,5-10H2,(H,17,18). The van der Waals surface area contributed by atoms with Crippen LogP contribution in [0.5, 0.6) is 5.75 Å². The molecule has 1 aliphatic rings. The Morgan fingerprint density at radius 2 is 2.10 bits per heavy atom. The normalized spacial score (nSPS) is 16.2. The summed E-state index contributed by atoms with van der Waals surface area (Å²) in [5.41, 5.74) is 0. The first kappa shape index (κ1) is 14.3. The number of rotatable bonds is 5. The molecule has 1 aromatic carbocycles. The third-order valence-electron chi connectivity index (χ3n) is 3.50. The Kier molecular flexibility index (Phi) is 4.38. The second-order valence-electron chi connectivity index (χ2n) is 4.86. The molecule has 3 rings (SSSR count). The van der Waals surface area contributed by atoms with Crippen molar-refractivity contribution in [1.29, 1.82) is 0 Å². The highest BCUT2D eigenvalue weighted by Gasteiger charge is 2.19. The Balaban J connectivity index is 1.72. The van der Waals surface area contributed by atoms with Crippen molar-refractivity contribution in [2.75, 3.05) is 39.5 Å².